The van der Waals surface area contributed by atoms with E-state index in [1.807, 2.05) is 0 Å². The molecule has 2 fully saturated rings. The van der Waals surface area contributed by atoms with Crippen LogP contribution >= 0.6 is 0 Å². The van der Waals surface area contributed by atoms with Crippen LogP contribution in [0.25, 0.3) is 0 Å². The molecule has 1 aliphatic heterocycles. The molecule has 0 spiro atoms. The smallest absolute Gasteiger partial charge is 0.223 e. The van der Waals surface area contributed by atoms with Crippen LogP contribution in [0.1, 0.15) is 52.9 Å². The van der Waals surface area contributed by atoms with Gasteiger partial charge in [-0.25, -0.2) is 0 Å². The molecule has 2 rings (SSSR count). The second kappa shape index (κ2) is 7.10. The molecule has 0 aromatic rings. The summed E-state index contributed by atoms with van der Waals surface area (Å²) >= 11 is 0. The number of nitrogens with two attached hydrogens (primary N) is 1. The average Bonchev–Trinajstić information content (AvgIpc) is 2.46. The molecule has 1 heterocycles. The number of hydrogen-bond donors (Lipinski definition) is 2. The minimum Gasteiger partial charge on any atom is -0.355 e. The molecule has 21 heavy (non-hydrogen) atoms. The van der Waals surface area contributed by atoms with E-state index in [9.17, 15) is 4.79 Å². The van der Waals surface area contributed by atoms with Crippen molar-refractivity contribution in [2.24, 2.45) is 23.0 Å². The van der Waals surface area contributed by atoms with Crippen molar-refractivity contribution in [3.8, 4) is 0 Å². The number of likely N-dealkylation sites (tertiary alicyclic amines) is 1. The van der Waals surface area contributed by atoms with Crippen molar-refractivity contribution in [1.82, 2.24) is 10.2 Å². The minimum absolute atomic E-state index is 0.00707. The summed E-state index contributed by atoms with van der Waals surface area (Å²) in [5.41, 5.74) is 6.17. The SMILES string of the molecule is CC1C(N)CCC(C(=O)NCCN2CCCCC2)C1(C)C. The first-order valence-electron chi connectivity index (χ1n) is 8.68. The number of hydrogen-bond acceptors (Lipinski definition) is 3. The van der Waals surface area contributed by atoms with E-state index in [1.165, 1.54) is 32.4 Å². The van der Waals surface area contributed by atoms with E-state index < -0.39 is 0 Å². The van der Waals surface area contributed by atoms with Gasteiger partial charge in [0, 0.05) is 25.0 Å². The zero-order valence-corrected chi connectivity index (χ0v) is 14.0. The first kappa shape index (κ1) is 16.8. The van der Waals surface area contributed by atoms with Crippen molar-refractivity contribution in [2.45, 2.75) is 58.9 Å². The molecule has 1 saturated heterocycles. The van der Waals surface area contributed by atoms with Gasteiger partial charge >= 0.3 is 0 Å². The fourth-order valence-corrected chi connectivity index (χ4v) is 3.96. The molecule has 4 heteroatoms. The molecule has 4 nitrogen and oxygen atoms in total. The fourth-order valence-electron chi connectivity index (χ4n) is 3.96. The van der Waals surface area contributed by atoms with Crippen molar-refractivity contribution in [1.29, 1.82) is 0 Å². The second-order valence-electron chi connectivity index (χ2n) is 7.60. The third-order valence-electron chi connectivity index (χ3n) is 6.00. The monoisotopic (exact) mass is 295 g/mol. The summed E-state index contributed by atoms with van der Waals surface area (Å²) in [6, 6.07) is 0.234. The number of rotatable bonds is 4. The van der Waals surface area contributed by atoms with Gasteiger partial charge in [0.2, 0.25) is 5.91 Å². The zero-order valence-electron chi connectivity index (χ0n) is 14.0. The predicted molar refractivity (Wildman–Crippen MR) is 86.9 cm³/mol. The summed E-state index contributed by atoms with van der Waals surface area (Å²) in [4.78, 5) is 15.0. The summed E-state index contributed by atoms with van der Waals surface area (Å²) in [6.45, 7) is 10.8. The van der Waals surface area contributed by atoms with Crippen molar-refractivity contribution in [3.63, 3.8) is 0 Å². The van der Waals surface area contributed by atoms with Gasteiger partial charge in [-0.1, -0.05) is 27.2 Å². The molecule has 1 aliphatic carbocycles. The van der Waals surface area contributed by atoms with Crippen LogP contribution in [-0.4, -0.2) is 43.0 Å². The molecule has 3 N–H and O–H groups in total. The van der Waals surface area contributed by atoms with Gasteiger partial charge in [0.1, 0.15) is 0 Å². The lowest BCUT2D eigenvalue weighted by molar-refractivity contribution is -0.132. The molecule has 1 saturated carbocycles. The molecule has 0 aromatic heterocycles. The third kappa shape index (κ3) is 3.98. The molecule has 0 aromatic carbocycles. The topological polar surface area (TPSA) is 58.4 Å². The number of nitrogens with one attached hydrogen (secondary N) is 1. The second-order valence-corrected chi connectivity index (χ2v) is 7.60. The van der Waals surface area contributed by atoms with E-state index in [0.29, 0.717) is 5.92 Å². The van der Waals surface area contributed by atoms with Gasteiger partial charge in [-0.3, -0.25) is 4.79 Å². The summed E-state index contributed by atoms with van der Waals surface area (Å²) in [5, 5.41) is 3.17. The van der Waals surface area contributed by atoms with Gasteiger partial charge in [-0.2, -0.15) is 0 Å². The maximum Gasteiger partial charge on any atom is 0.223 e. The van der Waals surface area contributed by atoms with Crippen molar-refractivity contribution in [3.05, 3.63) is 0 Å². The summed E-state index contributed by atoms with van der Waals surface area (Å²) < 4.78 is 0. The van der Waals surface area contributed by atoms with E-state index >= 15 is 0 Å². The Balaban J connectivity index is 1.79. The molecular weight excluding hydrogens is 262 g/mol. The first-order valence-corrected chi connectivity index (χ1v) is 8.68. The predicted octanol–water partition coefficient (Wildman–Crippen LogP) is 1.99. The largest absolute Gasteiger partial charge is 0.355 e. The van der Waals surface area contributed by atoms with Gasteiger partial charge in [0.15, 0.2) is 0 Å². The van der Waals surface area contributed by atoms with Gasteiger partial charge < -0.3 is 16.0 Å². The number of carbonyl (C=O) groups excluding carboxylic acids is 1. The Bertz CT molecular complexity index is 350. The molecule has 0 radical (unpaired) electrons. The first-order chi connectivity index (χ1) is 9.93. The Morgan fingerprint density at radius 3 is 2.57 bits per heavy atom. The summed E-state index contributed by atoms with van der Waals surface area (Å²) in [6.07, 6.45) is 5.86. The van der Waals surface area contributed by atoms with E-state index in [1.54, 1.807) is 0 Å². The number of amides is 1. The van der Waals surface area contributed by atoms with Gasteiger partial charge in [-0.05, 0) is 50.1 Å². The normalized spacial score (nSPS) is 33.6. The Kier molecular flexibility index (Phi) is 5.67. The van der Waals surface area contributed by atoms with Crippen LogP contribution in [0.2, 0.25) is 0 Å². The maximum atomic E-state index is 12.5. The zero-order chi connectivity index (χ0) is 15.5. The van der Waals surface area contributed by atoms with Crippen LogP contribution in [0.4, 0.5) is 0 Å². The van der Waals surface area contributed by atoms with Crippen LogP contribution in [0, 0.1) is 17.3 Å². The van der Waals surface area contributed by atoms with Crippen molar-refractivity contribution < 1.29 is 4.79 Å². The van der Waals surface area contributed by atoms with E-state index in [2.05, 4.69) is 31.0 Å². The summed E-state index contributed by atoms with van der Waals surface area (Å²) in [7, 11) is 0. The van der Waals surface area contributed by atoms with E-state index in [0.717, 1.165) is 25.9 Å². The molecule has 0 bridgehead atoms. The highest BCUT2D eigenvalue weighted by Crippen LogP contribution is 2.44. The minimum atomic E-state index is -0.00707. The molecule has 3 atom stereocenters. The number of nitrogens with zero attached hydrogens (tertiary/aromatic N) is 1. The van der Waals surface area contributed by atoms with Crippen molar-refractivity contribution >= 4 is 5.91 Å². The highest BCUT2D eigenvalue weighted by molar-refractivity contribution is 5.79. The standard InChI is InChI=1S/C17H33N3O/c1-13-15(18)8-7-14(17(13,2)3)16(21)19-9-12-20-10-5-4-6-11-20/h13-15H,4-12,18H2,1-3H3,(H,19,21). The summed E-state index contributed by atoms with van der Waals surface area (Å²) in [5.74, 6) is 0.730. The molecular formula is C17H33N3O. The van der Waals surface area contributed by atoms with Gasteiger partial charge in [-0.15, -0.1) is 0 Å². The Hall–Kier alpha value is -0.610. The van der Waals surface area contributed by atoms with E-state index in [-0.39, 0.29) is 23.3 Å². The average molecular weight is 295 g/mol. The van der Waals surface area contributed by atoms with Crippen LogP contribution in [0.5, 0.6) is 0 Å². The van der Waals surface area contributed by atoms with E-state index in [4.69, 9.17) is 5.73 Å². The van der Waals surface area contributed by atoms with Crippen LogP contribution in [0.15, 0.2) is 0 Å². The van der Waals surface area contributed by atoms with Gasteiger partial charge in [0.25, 0.3) is 0 Å². The number of piperidine rings is 1. The lowest BCUT2D eigenvalue weighted by atomic mass is 9.61. The Morgan fingerprint density at radius 1 is 1.24 bits per heavy atom. The fraction of sp³-hybridized carbons (Fsp3) is 0.941. The van der Waals surface area contributed by atoms with Crippen LogP contribution < -0.4 is 11.1 Å². The molecule has 3 unspecified atom stereocenters. The molecule has 2 aliphatic rings. The van der Waals surface area contributed by atoms with Crippen LogP contribution in [0.3, 0.4) is 0 Å². The van der Waals surface area contributed by atoms with Gasteiger partial charge in [0.05, 0.1) is 0 Å². The highest BCUT2D eigenvalue weighted by atomic mass is 16.1. The number of carbonyl (C=O) groups is 1. The van der Waals surface area contributed by atoms with Crippen LogP contribution in [-0.2, 0) is 4.79 Å². The lowest BCUT2D eigenvalue weighted by Gasteiger charge is -2.46. The quantitative estimate of drug-likeness (QED) is 0.834. The molecule has 122 valence electrons. The van der Waals surface area contributed by atoms with Crippen molar-refractivity contribution in [2.75, 3.05) is 26.2 Å². The third-order valence-corrected chi connectivity index (χ3v) is 6.00. The maximum absolute atomic E-state index is 12.5. The Morgan fingerprint density at radius 2 is 1.90 bits per heavy atom. The highest BCUT2D eigenvalue weighted by Gasteiger charge is 2.44. The molecule has 1 amide bonds. The lowest BCUT2D eigenvalue weighted by Crippen LogP contribution is -2.52. The Labute approximate surface area is 129 Å².